The molecule has 0 radical (unpaired) electrons. The molecule has 0 fully saturated rings. The summed E-state index contributed by atoms with van der Waals surface area (Å²) in [5.74, 6) is 0. The number of amides is 4. The van der Waals surface area contributed by atoms with E-state index in [9.17, 15) is 9.59 Å². The fourth-order valence-electron chi connectivity index (χ4n) is 2.34. The van der Waals surface area contributed by atoms with Crippen molar-refractivity contribution in [1.29, 1.82) is 0 Å². The van der Waals surface area contributed by atoms with Crippen molar-refractivity contribution in [3.63, 3.8) is 0 Å². The number of urea groups is 2. The van der Waals surface area contributed by atoms with Gasteiger partial charge in [-0.2, -0.15) is 0 Å². The summed E-state index contributed by atoms with van der Waals surface area (Å²) in [4.78, 5) is 23.7. The van der Waals surface area contributed by atoms with E-state index < -0.39 is 5.54 Å². The average Bonchev–Trinajstić information content (AvgIpc) is 2.24. The molecule has 0 bridgehead atoms. The molecule has 130 valence electrons. The Hall–Kier alpha value is -1.46. The minimum Gasteiger partial charge on any atom is -0.336 e. The Balaban J connectivity index is 4.56. The second kappa shape index (κ2) is 9.54. The fourth-order valence-corrected chi connectivity index (χ4v) is 2.34. The molecular formula is C16H34N4O2. The first-order valence-corrected chi connectivity index (χ1v) is 8.21. The Morgan fingerprint density at radius 3 is 1.86 bits per heavy atom. The summed E-state index contributed by atoms with van der Waals surface area (Å²) < 4.78 is 0. The van der Waals surface area contributed by atoms with Crippen LogP contribution in [0.25, 0.3) is 0 Å². The summed E-state index contributed by atoms with van der Waals surface area (Å²) in [7, 11) is 0. The molecule has 22 heavy (non-hydrogen) atoms. The first-order valence-electron chi connectivity index (χ1n) is 8.21. The van der Waals surface area contributed by atoms with E-state index in [0.717, 1.165) is 12.8 Å². The van der Waals surface area contributed by atoms with E-state index in [2.05, 4.69) is 28.2 Å². The molecule has 4 N–H and O–H groups in total. The molecule has 6 heteroatoms. The van der Waals surface area contributed by atoms with Crippen LogP contribution in [0.15, 0.2) is 0 Å². The zero-order valence-corrected chi connectivity index (χ0v) is 15.2. The Morgan fingerprint density at radius 2 is 1.41 bits per heavy atom. The van der Waals surface area contributed by atoms with Crippen LogP contribution < -0.4 is 21.3 Å². The second-order valence-electron chi connectivity index (χ2n) is 7.10. The Kier molecular flexibility index (Phi) is 8.90. The third-order valence-electron chi connectivity index (χ3n) is 3.02. The van der Waals surface area contributed by atoms with E-state index in [4.69, 9.17) is 0 Å². The van der Waals surface area contributed by atoms with Crippen LogP contribution in [0.4, 0.5) is 9.59 Å². The number of hydrogen-bond donors (Lipinski definition) is 4. The molecule has 0 aromatic heterocycles. The van der Waals surface area contributed by atoms with Crippen LogP contribution in [-0.4, -0.2) is 35.7 Å². The van der Waals surface area contributed by atoms with Crippen LogP contribution >= 0.6 is 0 Å². The molecule has 0 aromatic rings. The van der Waals surface area contributed by atoms with Crippen molar-refractivity contribution in [3.05, 3.63) is 0 Å². The van der Waals surface area contributed by atoms with Crippen LogP contribution in [0, 0.1) is 0 Å². The first kappa shape index (κ1) is 20.5. The van der Waals surface area contributed by atoms with Gasteiger partial charge in [0.1, 0.15) is 0 Å². The molecule has 0 aromatic carbocycles. The largest absolute Gasteiger partial charge is 0.336 e. The number of rotatable bonds is 8. The van der Waals surface area contributed by atoms with Crippen molar-refractivity contribution >= 4 is 12.1 Å². The standard InChI is InChI=1S/C16H34N4O2/c1-8-9-13(19-14(21)17-11(2)3)10-16(6,7)20-15(22)18-12(4)5/h11-13H,8-10H2,1-7H3,(H2,17,19,21)(H2,18,20,22). The first-order chi connectivity index (χ1) is 10.1. The van der Waals surface area contributed by atoms with Gasteiger partial charge in [-0.1, -0.05) is 13.3 Å². The molecule has 0 aliphatic rings. The van der Waals surface area contributed by atoms with Crippen molar-refractivity contribution in [2.75, 3.05) is 0 Å². The molecule has 1 unspecified atom stereocenters. The van der Waals surface area contributed by atoms with Gasteiger partial charge >= 0.3 is 12.1 Å². The van der Waals surface area contributed by atoms with Crippen LogP contribution in [0.3, 0.4) is 0 Å². The third kappa shape index (κ3) is 10.3. The lowest BCUT2D eigenvalue weighted by Crippen LogP contribution is -2.54. The van der Waals surface area contributed by atoms with Gasteiger partial charge in [0.05, 0.1) is 0 Å². The molecule has 0 rings (SSSR count). The van der Waals surface area contributed by atoms with Crippen LogP contribution in [0.5, 0.6) is 0 Å². The van der Waals surface area contributed by atoms with Gasteiger partial charge in [-0.25, -0.2) is 9.59 Å². The number of nitrogens with one attached hydrogen (secondary N) is 4. The van der Waals surface area contributed by atoms with Crippen LogP contribution in [0.2, 0.25) is 0 Å². The molecule has 0 saturated carbocycles. The van der Waals surface area contributed by atoms with Crippen molar-refractivity contribution in [3.8, 4) is 0 Å². The maximum absolute atomic E-state index is 11.9. The number of hydrogen-bond acceptors (Lipinski definition) is 2. The Morgan fingerprint density at radius 1 is 0.909 bits per heavy atom. The van der Waals surface area contributed by atoms with Gasteiger partial charge in [0.25, 0.3) is 0 Å². The molecule has 0 saturated heterocycles. The lowest BCUT2D eigenvalue weighted by Gasteiger charge is -2.31. The zero-order chi connectivity index (χ0) is 17.3. The van der Waals surface area contributed by atoms with Crippen molar-refractivity contribution in [2.45, 2.75) is 91.4 Å². The van der Waals surface area contributed by atoms with Gasteiger partial charge in [-0.15, -0.1) is 0 Å². The van der Waals surface area contributed by atoms with E-state index in [1.54, 1.807) is 0 Å². The summed E-state index contributed by atoms with van der Waals surface area (Å²) in [6.45, 7) is 13.7. The van der Waals surface area contributed by atoms with Crippen molar-refractivity contribution in [1.82, 2.24) is 21.3 Å². The molecule has 1 atom stereocenters. The van der Waals surface area contributed by atoms with E-state index >= 15 is 0 Å². The van der Waals surface area contributed by atoms with E-state index in [0.29, 0.717) is 6.42 Å². The lowest BCUT2D eigenvalue weighted by molar-refractivity contribution is 0.216. The molecule has 4 amide bonds. The monoisotopic (exact) mass is 314 g/mol. The van der Waals surface area contributed by atoms with Crippen LogP contribution in [-0.2, 0) is 0 Å². The van der Waals surface area contributed by atoms with Gasteiger partial charge < -0.3 is 21.3 Å². The number of carbonyl (C=O) groups excluding carboxylic acids is 2. The predicted molar refractivity (Wildman–Crippen MR) is 91.0 cm³/mol. The predicted octanol–water partition coefficient (Wildman–Crippen LogP) is 2.74. The van der Waals surface area contributed by atoms with Gasteiger partial charge in [-0.3, -0.25) is 0 Å². The third-order valence-corrected chi connectivity index (χ3v) is 3.02. The van der Waals surface area contributed by atoms with Gasteiger partial charge in [0.15, 0.2) is 0 Å². The molecule has 6 nitrogen and oxygen atoms in total. The van der Waals surface area contributed by atoms with E-state index in [1.807, 2.05) is 41.5 Å². The van der Waals surface area contributed by atoms with Gasteiger partial charge in [0, 0.05) is 23.7 Å². The van der Waals surface area contributed by atoms with Gasteiger partial charge in [0.2, 0.25) is 0 Å². The highest BCUT2D eigenvalue weighted by Gasteiger charge is 2.26. The summed E-state index contributed by atoms with van der Waals surface area (Å²) in [6.07, 6.45) is 2.53. The molecule has 0 heterocycles. The smallest absolute Gasteiger partial charge is 0.315 e. The molecule has 0 aliphatic heterocycles. The Bertz CT molecular complexity index is 354. The summed E-state index contributed by atoms with van der Waals surface area (Å²) in [5.41, 5.74) is -0.399. The van der Waals surface area contributed by atoms with Crippen molar-refractivity contribution < 1.29 is 9.59 Å². The van der Waals surface area contributed by atoms with Gasteiger partial charge in [-0.05, 0) is 54.4 Å². The Labute approximate surface area is 135 Å². The second-order valence-corrected chi connectivity index (χ2v) is 7.10. The van der Waals surface area contributed by atoms with E-state index in [-0.39, 0.29) is 30.2 Å². The quantitative estimate of drug-likeness (QED) is 0.555. The molecule has 0 spiro atoms. The molecule has 0 aliphatic carbocycles. The highest BCUT2D eigenvalue weighted by molar-refractivity contribution is 5.75. The normalized spacial score (nSPS) is 13.0. The minimum absolute atomic E-state index is 0.0260. The van der Waals surface area contributed by atoms with E-state index in [1.165, 1.54) is 0 Å². The lowest BCUT2D eigenvalue weighted by atomic mass is 9.93. The summed E-state index contributed by atoms with van der Waals surface area (Å²) >= 11 is 0. The molecular weight excluding hydrogens is 280 g/mol. The zero-order valence-electron chi connectivity index (χ0n) is 15.2. The minimum atomic E-state index is -0.399. The highest BCUT2D eigenvalue weighted by Crippen LogP contribution is 2.15. The van der Waals surface area contributed by atoms with Crippen molar-refractivity contribution in [2.24, 2.45) is 0 Å². The fraction of sp³-hybridized carbons (Fsp3) is 0.875. The maximum Gasteiger partial charge on any atom is 0.315 e. The maximum atomic E-state index is 11.9. The van der Waals surface area contributed by atoms with Crippen LogP contribution in [0.1, 0.15) is 67.7 Å². The average molecular weight is 314 g/mol. The highest BCUT2D eigenvalue weighted by atomic mass is 16.2. The topological polar surface area (TPSA) is 82.3 Å². The number of carbonyl (C=O) groups is 2. The SMILES string of the molecule is CCCC(CC(C)(C)NC(=O)NC(C)C)NC(=O)NC(C)C. The summed E-state index contributed by atoms with van der Waals surface area (Å²) in [6, 6.07) is -0.113. The summed E-state index contributed by atoms with van der Waals surface area (Å²) in [5, 5.41) is 11.6.